The van der Waals surface area contributed by atoms with Crippen LogP contribution in [0.4, 0.5) is 13.2 Å². The third-order valence-electron chi connectivity index (χ3n) is 3.94. The predicted molar refractivity (Wildman–Crippen MR) is 100 cm³/mol. The molecule has 1 amide bonds. The van der Waals surface area contributed by atoms with Gasteiger partial charge in [0.25, 0.3) is 11.5 Å². The average molecular weight is 419 g/mol. The summed E-state index contributed by atoms with van der Waals surface area (Å²) in [5.74, 6) is 4.23. The third kappa shape index (κ3) is 5.20. The van der Waals surface area contributed by atoms with Crippen molar-refractivity contribution < 1.29 is 22.7 Å². The van der Waals surface area contributed by atoms with Crippen molar-refractivity contribution in [2.75, 3.05) is 6.61 Å². The number of alkyl halides is 3. The minimum Gasteiger partial charge on any atom is -0.468 e. The van der Waals surface area contributed by atoms with E-state index in [-0.39, 0.29) is 17.9 Å². The number of nitrogens with two attached hydrogens (primary N) is 1. The third-order valence-corrected chi connectivity index (χ3v) is 3.94. The molecule has 0 fully saturated rings. The molecule has 30 heavy (non-hydrogen) atoms. The molecule has 11 heteroatoms. The van der Waals surface area contributed by atoms with E-state index in [0.717, 1.165) is 6.07 Å². The number of nitrogens with one attached hydrogen (secondary N) is 1. The van der Waals surface area contributed by atoms with Crippen LogP contribution in [-0.4, -0.2) is 33.2 Å². The molecule has 2 heterocycles. The zero-order valence-electron chi connectivity index (χ0n) is 15.4. The fourth-order valence-electron chi connectivity index (χ4n) is 2.57. The van der Waals surface area contributed by atoms with Gasteiger partial charge in [0.1, 0.15) is 5.82 Å². The summed E-state index contributed by atoms with van der Waals surface area (Å²) in [7, 11) is 0. The number of amides is 1. The minimum absolute atomic E-state index is 0.0276. The van der Waals surface area contributed by atoms with Crippen LogP contribution in [0.15, 0.2) is 59.5 Å². The van der Waals surface area contributed by atoms with E-state index >= 15 is 0 Å². The molecule has 0 aliphatic rings. The second-order valence-corrected chi connectivity index (χ2v) is 6.12. The standard InChI is InChI=1S/C19H16F3N5O3/c20-19(21,22)11-30-15-8-16(28)27(17(25-15)12-4-2-1-3-5-12)10-14-7-6-13(9-24-14)18(29)26-23/h1-9H,10-11,23H2,(H,26,29). The molecule has 156 valence electrons. The van der Waals surface area contributed by atoms with Crippen molar-refractivity contribution in [1.29, 1.82) is 0 Å². The Morgan fingerprint density at radius 2 is 1.90 bits per heavy atom. The monoisotopic (exact) mass is 419 g/mol. The van der Waals surface area contributed by atoms with Crippen molar-refractivity contribution >= 4 is 5.91 Å². The molecule has 0 atom stereocenters. The maximum Gasteiger partial charge on any atom is 0.422 e. The van der Waals surface area contributed by atoms with Gasteiger partial charge in [-0.15, -0.1) is 0 Å². The van der Waals surface area contributed by atoms with Crippen LogP contribution in [0.1, 0.15) is 16.1 Å². The van der Waals surface area contributed by atoms with Crippen molar-refractivity contribution in [2.24, 2.45) is 5.84 Å². The molecule has 0 saturated carbocycles. The van der Waals surface area contributed by atoms with Gasteiger partial charge in [0, 0.05) is 11.8 Å². The predicted octanol–water partition coefficient (Wildman–Crippen LogP) is 1.90. The lowest BCUT2D eigenvalue weighted by Crippen LogP contribution is -2.30. The van der Waals surface area contributed by atoms with E-state index < -0.39 is 30.1 Å². The summed E-state index contributed by atoms with van der Waals surface area (Å²) in [6, 6.07) is 12.4. The summed E-state index contributed by atoms with van der Waals surface area (Å²) < 4.78 is 43.3. The number of pyridine rings is 1. The first-order chi connectivity index (χ1) is 14.3. The van der Waals surface area contributed by atoms with Gasteiger partial charge in [-0.2, -0.15) is 18.2 Å². The minimum atomic E-state index is -4.56. The summed E-state index contributed by atoms with van der Waals surface area (Å²) in [4.78, 5) is 32.4. The van der Waals surface area contributed by atoms with E-state index in [1.165, 1.54) is 22.9 Å². The van der Waals surface area contributed by atoms with Crippen LogP contribution in [-0.2, 0) is 6.54 Å². The van der Waals surface area contributed by atoms with E-state index in [9.17, 15) is 22.8 Å². The lowest BCUT2D eigenvalue weighted by atomic mass is 10.2. The van der Waals surface area contributed by atoms with Gasteiger partial charge >= 0.3 is 6.18 Å². The first kappa shape index (κ1) is 21.0. The summed E-state index contributed by atoms with van der Waals surface area (Å²) in [6.45, 7) is -1.59. The molecule has 0 saturated heterocycles. The smallest absolute Gasteiger partial charge is 0.422 e. The Morgan fingerprint density at radius 1 is 1.17 bits per heavy atom. The van der Waals surface area contributed by atoms with E-state index in [1.807, 2.05) is 5.43 Å². The molecular weight excluding hydrogens is 403 g/mol. The molecule has 0 spiro atoms. The van der Waals surface area contributed by atoms with Gasteiger partial charge in [0.05, 0.1) is 23.9 Å². The molecule has 3 rings (SSSR count). The molecular formula is C19H16F3N5O3. The van der Waals surface area contributed by atoms with Crippen LogP contribution in [0.25, 0.3) is 11.4 Å². The van der Waals surface area contributed by atoms with Crippen LogP contribution in [0.5, 0.6) is 5.88 Å². The molecule has 0 aliphatic heterocycles. The van der Waals surface area contributed by atoms with Gasteiger partial charge in [-0.3, -0.25) is 24.6 Å². The molecule has 0 unspecified atom stereocenters. The van der Waals surface area contributed by atoms with Crippen molar-refractivity contribution in [3.63, 3.8) is 0 Å². The van der Waals surface area contributed by atoms with Gasteiger partial charge in [-0.1, -0.05) is 30.3 Å². The summed E-state index contributed by atoms with van der Waals surface area (Å²) >= 11 is 0. The topological polar surface area (TPSA) is 112 Å². The van der Waals surface area contributed by atoms with Crippen LogP contribution in [0, 0.1) is 0 Å². The Kier molecular flexibility index (Phi) is 6.11. The largest absolute Gasteiger partial charge is 0.468 e. The molecule has 0 bridgehead atoms. The van der Waals surface area contributed by atoms with Gasteiger partial charge in [0.2, 0.25) is 5.88 Å². The highest BCUT2D eigenvalue weighted by molar-refractivity contribution is 5.93. The Hall–Kier alpha value is -3.73. The van der Waals surface area contributed by atoms with Crippen LogP contribution in [0.2, 0.25) is 0 Å². The van der Waals surface area contributed by atoms with E-state index in [2.05, 4.69) is 14.7 Å². The number of hydrazine groups is 1. The molecule has 2 aromatic heterocycles. The molecule has 1 aromatic carbocycles. The number of rotatable bonds is 6. The van der Waals surface area contributed by atoms with Crippen LogP contribution >= 0.6 is 0 Å². The number of benzene rings is 1. The lowest BCUT2D eigenvalue weighted by molar-refractivity contribution is -0.154. The van der Waals surface area contributed by atoms with Gasteiger partial charge in [0.15, 0.2) is 6.61 Å². The second kappa shape index (κ2) is 8.74. The molecule has 0 aliphatic carbocycles. The first-order valence-electron chi connectivity index (χ1n) is 8.59. The quantitative estimate of drug-likeness (QED) is 0.359. The number of nitrogen functional groups attached to an aromatic ring is 1. The maximum absolute atomic E-state index is 12.6. The number of aromatic nitrogens is 3. The van der Waals surface area contributed by atoms with Gasteiger partial charge in [-0.05, 0) is 12.1 Å². The number of hydrogen-bond donors (Lipinski definition) is 2. The molecule has 3 N–H and O–H groups in total. The van der Waals surface area contributed by atoms with Gasteiger partial charge in [-0.25, -0.2) is 5.84 Å². The van der Waals surface area contributed by atoms with Gasteiger partial charge < -0.3 is 4.74 Å². The number of carbonyl (C=O) groups excluding carboxylic acids is 1. The van der Waals surface area contributed by atoms with Crippen molar-refractivity contribution in [2.45, 2.75) is 12.7 Å². The Labute approximate surface area is 168 Å². The SMILES string of the molecule is NNC(=O)c1ccc(Cn2c(-c3ccccc3)nc(OCC(F)(F)F)cc2=O)nc1. The van der Waals surface area contributed by atoms with E-state index in [1.54, 1.807) is 30.3 Å². The second-order valence-electron chi connectivity index (χ2n) is 6.12. The fourth-order valence-corrected chi connectivity index (χ4v) is 2.57. The average Bonchev–Trinajstić information content (AvgIpc) is 2.74. The normalized spacial score (nSPS) is 11.2. The van der Waals surface area contributed by atoms with E-state index in [4.69, 9.17) is 5.84 Å². The lowest BCUT2D eigenvalue weighted by Gasteiger charge is -2.14. The zero-order valence-corrected chi connectivity index (χ0v) is 15.4. The first-order valence-corrected chi connectivity index (χ1v) is 8.59. The molecule has 0 radical (unpaired) electrons. The van der Waals surface area contributed by atoms with Crippen molar-refractivity contribution in [3.8, 4) is 17.3 Å². The number of halogens is 3. The molecule has 8 nitrogen and oxygen atoms in total. The maximum atomic E-state index is 12.6. The number of ether oxygens (including phenoxy) is 1. The van der Waals surface area contributed by atoms with Crippen LogP contribution < -0.4 is 21.6 Å². The summed E-state index contributed by atoms with van der Waals surface area (Å²) in [5, 5.41) is 0. The van der Waals surface area contributed by atoms with Crippen molar-refractivity contribution in [1.82, 2.24) is 20.0 Å². The highest BCUT2D eigenvalue weighted by Gasteiger charge is 2.29. The number of nitrogens with zero attached hydrogens (tertiary/aromatic N) is 3. The molecule has 3 aromatic rings. The summed E-state index contributed by atoms with van der Waals surface area (Å²) in [5.41, 5.74) is 2.52. The summed E-state index contributed by atoms with van der Waals surface area (Å²) in [6.07, 6.45) is -3.27. The number of hydrogen-bond acceptors (Lipinski definition) is 6. The Morgan fingerprint density at radius 3 is 2.50 bits per heavy atom. The fraction of sp³-hybridized carbons (Fsp3) is 0.158. The van der Waals surface area contributed by atoms with Crippen LogP contribution in [0.3, 0.4) is 0 Å². The highest BCUT2D eigenvalue weighted by Crippen LogP contribution is 2.21. The Bertz CT molecular complexity index is 1080. The Balaban J connectivity index is 1.98. The van der Waals surface area contributed by atoms with Crippen molar-refractivity contribution in [3.05, 3.63) is 76.3 Å². The zero-order chi connectivity index (χ0) is 21.7. The highest BCUT2D eigenvalue weighted by atomic mass is 19.4. The van der Waals surface area contributed by atoms with E-state index in [0.29, 0.717) is 11.3 Å². The number of carbonyl (C=O) groups is 1.